The molecule has 0 unspecified atom stereocenters. The highest BCUT2D eigenvalue weighted by Crippen LogP contribution is 1.99. The second kappa shape index (κ2) is 4.65. The average molecular weight is 250 g/mol. The predicted octanol–water partition coefficient (Wildman–Crippen LogP) is -1.55. The molecule has 0 aliphatic rings. The molecule has 1 amide bonds. The number of carbonyl (C=O) groups excluding carboxylic acids is 1. The van der Waals surface area contributed by atoms with Crippen LogP contribution in [0.15, 0.2) is 22.0 Å². The van der Waals surface area contributed by atoms with Gasteiger partial charge in [-0.15, -0.1) is 0 Å². The normalized spacial score (nSPS) is 10.3. The van der Waals surface area contributed by atoms with Crippen molar-refractivity contribution in [1.29, 1.82) is 0 Å². The van der Waals surface area contributed by atoms with Crippen molar-refractivity contribution in [2.45, 2.75) is 6.54 Å². The van der Waals surface area contributed by atoms with Crippen LogP contribution < -0.4 is 11.2 Å². The molecule has 0 aliphatic heterocycles. The van der Waals surface area contributed by atoms with Crippen LogP contribution in [0.3, 0.4) is 0 Å². The lowest BCUT2D eigenvalue weighted by atomic mass is 10.3. The van der Waals surface area contributed by atoms with Crippen molar-refractivity contribution in [1.82, 2.24) is 30.0 Å². The smallest absolute Gasteiger partial charge is 0.326 e. The Labute approximate surface area is 99.9 Å². The minimum absolute atomic E-state index is 0.0780. The maximum atomic E-state index is 11.9. The van der Waals surface area contributed by atoms with E-state index in [0.717, 1.165) is 6.07 Å². The molecular weight excluding hydrogens is 240 g/mol. The summed E-state index contributed by atoms with van der Waals surface area (Å²) in [7, 11) is 1.52. The minimum atomic E-state index is -0.723. The zero-order valence-corrected chi connectivity index (χ0v) is 9.43. The fourth-order valence-electron chi connectivity index (χ4n) is 1.39. The molecule has 9 nitrogen and oxygen atoms in total. The van der Waals surface area contributed by atoms with Gasteiger partial charge in [0, 0.05) is 13.1 Å². The van der Waals surface area contributed by atoms with Gasteiger partial charge in [-0.25, -0.2) is 9.78 Å². The molecule has 2 aromatic heterocycles. The average Bonchev–Trinajstić information content (AvgIpc) is 2.79. The first kappa shape index (κ1) is 11.8. The van der Waals surface area contributed by atoms with Crippen LogP contribution in [0.1, 0.15) is 16.3 Å². The summed E-state index contributed by atoms with van der Waals surface area (Å²) in [6, 6.07) is 1.03. The molecule has 0 saturated carbocycles. The van der Waals surface area contributed by atoms with Gasteiger partial charge in [-0.3, -0.25) is 19.7 Å². The van der Waals surface area contributed by atoms with E-state index >= 15 is 0 Å². The molecule has 0 saturated heterocycles. The lowest BCUT2D eigenvalue weighted by Crippen LogP contribution is -2.32. The van der Waals surface area contributed by atoms with Gasteiger partial charge in [-0.05, 0) is 0 Å². The fourth-order valence-corrected chi connectivity index (χ4v) is 1.39. The van der Waals surface area contributed by atoms with E-state index in [1.165, 1.54) is 18.3 Å². The van der Waals surface area contributed by atoms with Gasteiger partial charge < -0.3 is 9.88 Å². The van der Waals surface area contributed by atoms with Crippen LogP contribution in [-0.2, 0) is 6.54 Å². The van der Waals surface area contributed by atoms with Crippen molar-refractivity contribution in [2.75, 3.05) is 7.05 Å². The van der Waals surface area contributed by atoms with Gasteiger partial charge >= 0.3 is 5.69 Å². The highest BCUT2D eigenvalue weighted by atomic mass is 16.2. The lowest BCUT2D eigenvalue weighted by molar-refractivity contribution is 0.0775. The molecule has 2 aromatic rings. The molecule has 0 aliphatic carbocycles. The first-order chi connectivity index (χ1) is 8.56. The van der Waals surface area contributed by atoms with E-state index in [-0.39, 0.29) is 12.2 Å². The van der Waals surface area contributed by atoms with Crippen molar-refractivity contribution in [2.24, 2.45) is 0 Å². The lowest BCUT2D eigenvalue weighted by Gasteiger charge is -2.14. The van der Waals surface area contributed by atoms with E-state index < -0.39 is 17.2 Å². The third-order valence-electron chi connectivity index (χ3n) is 2.19. The highest BCUT2D eigenvalue weighted by molar-refractivity contribution is 5.91. The molecule has 0 spiro atoms. The molecule has 2 heterocycles. The van der Waals surface area contributed by atoms with E-state index in [4.69, 9.17) is 0 Å². The maximum Gasteiger partial charge on any atom is 0.326 e. The van der Waals surface area contributed by atoms with Crippen molar-refractivity contribution in [3.05, 3.63) is 44.8 Å². The minimum Gasteiger partial charge on any atom is -0.333 e. The van der Waals surface area contributed by atoms with Crippen LogP contribution in [-0.4, -0.2) is 43.0 Å². The van der Waals surface area contributed by atoms with Crippen molar-refractivity contribution < 1.29 is 4.79 Å². The molecule has 2 rings (SSSR count). The van der Waals surface area contributed by atoms with E-state index in [1.807, 2.05) is 4.98 Å². The van der Waals surface area contributed by atoms with E-state index in [9.17, 15) is 14.4 Å². The van der Waals surface area contributed by atoms with Crippen LogP contribution in [0.4, 0.5) is 0 Å². The fraction of sp³-hybridized carbons (Fsp3) is 0.222. The summed E-state index contributed by atoms with van der Waals surface area (Å²) >= 11 is 0. The van der Waals surface area contributed by atoms with Crippen LogP contribution in [0, 0.1) is 0 Å². The molecule has 18 heavy (non-hydrogen) atoms. The van der Waals surface area contributed by atoms with Gasteiger partial charge in [-0.2, -0.15) is 5.10 Å². The SMILES string of the molecule is CN(Cc1ncn[nH]1)C(=O)c1cc(=O)[nH]c(=O)[nH]1. The van der Waals surface area contributed by atoms with Gasteiger partial charge in [0.25, 0.3) is 11.5 Å². The third-order valence-corrected chi connectivity index (χ3v) is 2.19. The van der Waals surface area contributed by atoms with Crippen molar-refractivity contribution in [3.8, 4) is 0 Å². The quantitative estimate of drug-likeness (QED) is 0.607. The molecule has 0 fully saturated rings. The molecular formula is C9H10N6O3. The summed E-state index contributed by atoms with van der Waals surface area (Å²) < 4.78 is 0. The number of aromatic nitrogens is 5. The molecule has 9 heteroatoms. The van der Waals surface area contributed by atoms with Gasteiger partial charge in [0.05, 0.1) is 6.54 Å². The standard InChI is InChI=1S/C9H10N6O3/c1-15(3-6-10-4-11-14-6)8(17)5-2-7(16)13-9(18)12-5/h2,4H,3H2,1H3,(H,10,11,14)(H2,12,13,16,18). The van der Waals surface area contributed by atoms with Gasteiger partial charge in [0.2, 0.25) is 0 Å². The van der Waals surface area contributed by atoms with Gasteiger partial charge in [0.15, 0.2) is 0 Å². The Bertz CT molecular complexity index is 627. The summed E-state index contributed by atoms with van der Waals surface area (Å²) in [6.45, 7) is 0.188. The number of aromatic amines is 3. The summed E-state index contributed by atoms with van der Waals surface area (Å²) in [5, 5.41) is 6.25. The number of amides is 1. The zero-order valence-electron chi connectivity index (χ0n) is 9.43. The van der Waals surface area contributed by atoms with Crippen LogP contribution in [0.25, 0.3) is 0 Å². The van der Waals surface area contributed by atoms with Crippen LogP contribution in [0.2, 0.25) is 0 Å². The summed E-state index contributed by atoms with van der Waals surface area (Å²) in [4.78, 5) is 43.4. The maximum absolute atomic E-state index is 11.9. The first-order valence-corrected chi connectivity index (χ1v) is 4.99. The molecule has 0 bridgehead atoms. The molecule has 0 aromatic carbocycles. The Kier molecular flexibility index (Phi) is 3.04. The Hall–Kier alpha value is -2.71. The molecule has 3 N–H and O–H groups in total. The second-order valence-corrected chi connectivity index (χ2v) is 3.59. The van der Waals surface area contributed by atoms with Crippen molar-refractivity contribution in [3.63, 3.8) is 0 Å². The highest BCUT2D eigenvalue weighted by Gasteiger charge is 2.14. The Morgan fingerprint density at radius 3 is 2.78 bits per heavy atom. The zero-order chi connectivity index (χ0) is 13.1. The summed E-state index contributed by atoms with van der Waals surface area (Å²) in [5.74, 6) is 0.00707. The van der Waals surface area contributed by atoms with Gasteiger partial charge in [-0.1, -0.05) is 0 Å². The topological polar surface area (TPSA) is 128 Å². The number of carbonyl (C=O) groups is 1. The summed E-state index contributed by atoms with van der Waals surface area (Å²) in [5.41, 5.74) is -1.43. The second-order valence-electron chi connectivity index (χ2n) is 3.59. The van der Waals surface area contributed by atoms with Crippen LogP contribution >= 0.6 is 0 Å². The number of rotatable bonds is 3. The number of hydrogen-bond donors (Lipinski definition) is 3. The molecule has 0 atom stereocenters. The molecule has 94 valence electrons. The number of hydrogen-bond acceptors (Lipinski definition) is 5. The number of H-pyrrole nitrogens is 3. The van der Waals surface area contributed by atoms with E-state index in [2.05, 4.69) is 20.2 Å². The number of nitrogens with one attached hydrogen (secondary N) is 3. The number of nitrogens with zero attached hydrogens (tertiary/aromatic N) is 3. The van der Waals surface area contributed by atoms with E-state index in [0.29, 0.717) is 5.82 Å². The Morgan fingerprint density at radius 2 is 2.17 bits per heavy atom. The van der Waals surface area contributed by atoms with Crippen LogP contribution in [0.5, 0.6) is 0 Å². The largest absolute Gasteiger partial charge is 0.333 e. The predicted molar refractivity (Wildman–Crippen MR) is 59.9 cm³/mol. The first-order valence-electron chi connectivity index (χ1n) is 4.99. The monoisotopic (exact) mass is 250 g/mol. The Morgan fingerprint density at radius 1 is 1.39 bits per heavy atom. The molecule has 0 radical (unpaired) electrons. The Balaban J connectivity index is 2.20. The van der Waals surface area contributed by atoms with Gasteiger partial charge in [0.1, 0.15) is 17.8 Å². The third kappa shape index (κ3) is 2.51. The van der Waals surface area contributed by atoms with E-state index in [1.54, 1.807) is 0 Å². The summed E-state index contributed by atoms with van der Waals surface area (Å²) in [6.07, 6.45) is 1.32. The van der Waals surface area contributed by atoms with Crippen molar-refractivity contribution >= 4 is 5.91 Å².